The summed E-state index contributed by atoms with van der Waals surface area (Å²) in [7, 11) is 0. The van der Waals surface area contributed by atoms with Gasteiger partial charge in [0.05, 0.1) is 11.2 Å². The zero-order valence-electron chi connectivity index (χ0n) is 10.3. The number of thiazole rings is 1. The summed E-state index contributed by atoms with van der Waals surface area (Å²) in [6.45, 7) is 2.64. The minimum atomic E-state index is 0.0736. The first kappa shape index (κ1) is 12.8. The molecule has 0 aliphatic rings. The number of benzene rings is 1. The first-order valence-corrected chi connectivity index (χ1v) is 6.87. The number of nitrogens with zero attached hydrogens (tertiary/aromatic N) is 1. The minimum absolute atomic E-state index is 0.0736. The lowest BCUT2D eigenvalue weighted by atomic mass is 10.1. The quantitative estimate of drug-likeness (QED) is 0.898. The molecule has 94 valence electrons. The molecule has 0 fully saturated rings. The van der Waals surface area contributed by atoms with E-state index in [4.69, 9.17) is 0 Å². The molecule has 0 spiro atoms. The largest absolute Gasteiger partial charge is 0.352 e. The van der Waals surface area contributed by atoms with Crippen LogP contribution >= 0.6 is 11.3 Å². The van der Waals surface area contributed by atoms with Gasteiger partial charge in [-0.2, -0.15) is 0 Å². The number of hydrogen-bond acceptors (Lipinski definition) is 3. The topological polar surface area (TPSA) is 42.0 Å². The summed E-state index contributed by atoms with van der Waals surface area (Å²) in [5.74, 6) is 0.0736. The highest BCUT2D eigenvalue weighted by Crippen LogP contribution is 2.05. The van der Waals surface area contributed by atoms with Crippen LogP contribution in [0.15, 0.2) is 35.2 Å². The Morgan fingerprint density at radius 1 is 1.44 bits per heavy atom. The maximum Gasteiger partial charge on any atom is 0.220 e. The predicted molar refractivity (Wildman–Crippen MR) is 73.5 cm³/mol. The van der Waals surface area contributed by atoms with Crippen molar-refractivity contribution in [3.05, 3.63) is 52.0 Å². The van der Waals surface area contributed by atoms with E-state index in [1.807, 2.05) is 30.5 Å². The van der Waals surface area contributed by atoms with Crippen LogP contribution in [0.5, 0.6) is 0 Å². The first-order valence-electron chi connectivity index (χ1n) is 5.93. The van der Waals surface area contributed by atoms with Crippen molar-refractivity contribution in [2.45, 2.75) is 26.3 Å². The van der Waals surface area contributed by atoms with E-state index in [0.717, 1.165) is 11.3 Å². The summed E-state index contributed by atoms with van der Waals surface area (Å²) in [4.78, 5) is 15.8. The lowest BCUT2D eigenvalue weighted by Crippen LogP contribution is -2.23. The van der Waals surface area contributed by atoms with E-state index in [-0.39, 0.29) is 5.91 Å². The van der Waals surface area contributed by atoms with Gasteiger partial charge in [-0.25, -0.2) is 4.98 Å². The van der Waals surface area contributed by atoms with E-state index < -0.39 is 0 Å². The van der Waals surface area contributed by atoms with Crippen molar-refractivity contribution in [2.24, 2.45) is 0 Å². The molecule has 0 bridgehead atoms. The number of carbonyl (C=O) groups is 1. The molecule has 0 saturated carbocycles. The van der Waals surface area contributed by atoms with Crippen molar-refractivity contribution in [3.8, 4) is 0 Å². The highest BCUT2D eigenvalue weighted by molar-refractivity contribution is 7.07. The van der Waals surface area contributed by atoms with Gasteiger partial charge in [-0.05, 0) is 18.9 Å². The molecular weight excluding hydrogens is 244 g/mol. The molecule has 1 aromatic heterocycles. The third-order valence-electron chi connectivity index (χ3n) is 2.66. The summed E-state index contributed by atoms with van der Waals surface area (Å²) < 4.78 is 0. The number of amides is 1. The van der Waals surface area contributed by atoms with E-state index in [0.29, 0.717) is 19.4 Å². The average Bonchev–Trinajstić information content (AvgIpc) is 2.87. The summed E-state index contributed by atoms with van der Waals surface area (Å²) in [5, 5.41) is 4.91. The third-order valence-corrected chi connectivity index (χ3v) is 3.30. The number of nitrogens with one attached hydrogen (secondary N) is 1. The maximum atomic E-state index is 11.7. The summed E-state index contributed by atoms with van der Waals surface area (Å²) >= 11 is 1.56. The fourth-order valence-corrected chi connectivity index (χ4v) is 2.31. The Labute approximate surface area is 111 Å². The van der Waals surface area contributed by atoms with Crippen LogP contribution in [0.4, 0.5) is 0 Å². The second-order valence-electron chi connectivity index (χ2n) is 4.25. The number of carbonyl (C=O) groups excluding carboxylic acids is 1. The van der Waals surface area contributed by atoms with Gasteiger partial charge in [0.15, 0.2) is 0 Å². The van der Waals surface area contributed by atoms with E-state index >= 15 is 0 Å². The van der Waals surface area contributed by atoms with Crippen LogP contribution in [0.25, 0.3) is 0 Å². The number of aryl methyl sites for hydroxylation is 2. The first-order chi connectivity index (χ1) is 8.74. The van der Waals surface area contributed by atoms with Crippen LogP contribution in [-0.2, 0) is 17.8 Å². The molecule has 18 heavy (non-hydrogen) atoms. The zero-order chi connectivity index (χ0) is 12.8. The molecule has 1 N–H and O–H groups in total. The molecule has 1 aromatic carbocycles. The molecule has 1 amide bonds. The Morgan fingerprint density at radius 3 is 3.06 bits per heavy atom. The van der Waals surface area contributed by atoms with Gasteiger partial charge in [-0.1, -0.05) is 29.8 Å². The average molecular weight is 260 g/mol. The lowest BCUT2D eigenvalue weighted by Gasteiger charge is -2.05. The molecular formula is C14H16N2OS. The number of hydrogen-bond donors (Lipinski definition) is 1. The Kier molecular flexibility index (Phi) is 4.47. The molecule has 0 radical (unpaired) electrons. The van der Waals surface area contributed by atoms with Gasteiger partial charge in [-0.15, -0.1) is 11.3 Å². The van der Waals surface area contributed by atoms with Crippen molar-refractivity contribution >= 4 is 17.2 Å². The van der Waals surface area contributed by atoms with E-state index in [2.05, 4.69) is 16.4 Å². The molecule has 0 saturated heterocycles. The van der Waals surface area contributed by atoms with Crippen LogP contribution in [0, 0.1) is 6.92 Å². The standard InChI is InChI=1S/C14H16N2OS/c1-11-3-2-4-12(7-11)8-15-14(17)6-5-13-9-18-10-16-13/h2-4,7,9-10H,5-6,8H2,1H3,(H,15,17). The van der Waals surface area contributed by atoms with Gasteiger partial charge in [0.2, 0.25) is 5.91 Å². The SMILES string of the molecule is Cc1cccc(CNC(=O)CCc2cscn2)c1. The summed E-state index contributed by atoms with van der Waals surface area (Å²) in [6.07, 6.45) is 1.21. The molecule has 2 aromatic rings. The van der Waals surface area contributed by atoms with E-state index in [1.54, 1.807) is 16.8 Å². The molecule has 2 rings (SSSR count). The van der Waals surface area contributed by atoms with Crippen LogP contribution in [-0.4, -0.2) is 10.9 Å². The van der Waals surface area contributed by atoms with Crippen LogP contribution in [0.1, 0.15) is 23.2 Å². The van der Waals surface area contributed by atoms with Crippen LogP contribution < -0.4 is 5.32 Å². The highest BCUT2D eigenvalue weighted by atomic mass is 32.1. The van der Waals surface area contributed by atoms with Gasteiger partial charge in [0.25, 0.3) is 0 Å². The molecule has 1 heterocycles. The Balaban J connectivity index is 1.75. The van der Waals surface area contributed by atoms with Crippen molar-refractivity contribution in [1.82, 2.24) is 10.3 Å². The second kappa shape index (κ2) is 6.31. The van der Waals surface area contributed by atoms with Gasteiger partial charge < -0.3 is 5.32 Å². The van der Waals surface area contributed by atoms with Gasteiger partial charge >= 0.3 is 0 Å². The van der Waals surface area contributed by atoms with Crippen LogP contribution in [0.2, 0.25) is 0 Å². The summed E-state index contributed by atoms with van der Waals surface area (Å²) in [5.41, 5.74) is 5.13. The maximum absolute atomic E-state index is 11.7. The smallest absolute Gasteiger partial charge is 0.220 e. The van der Waals surface area contributed by atoms with Crippen molar-refractivity contribution in [2.75, 3.05) is 0 Å². The normalized spacial score (nSPS) is 10.3. The predicted octanol–water partition coefficient (Wildman–Crippen LogP) is 2.70. The van der Waals surface area contributed by atoms with Crippen molar-refractivity contribution in [1.29, 1.82) is 0 Å². The number of rotatable bonds is 5. The minimum Gasteiger partial charge on any atom is -0.352 e. The molecule has 0 aliphatic carbocycles. The highest BCUT2D eigenvalue weighted by Gasteiger charge is 2.03. The van der Waals surface area contributed by atoms with Crippen LogP contribution in [0.3, 0.4) is 0 Å². The van der Waals surface area contributed by atoms with Crippen molar-refractivity contribution in [3.63, 3.8) is 0 Å². The monoisotopic (exact) mass is 260 g/mol. The lowest BCUT2D eigenvalue weighted by molar-refractivity contribution is -0.121. The van der Waals surface area contributed by atoms with Gasteiger partial charge in [0.1, 0.15) is 0 Å². The molecule has 0 unspecified atom stereocenters. The van der Waals surface area contributed by atoms with Gasteiger partial charge in [0, 0.05) is 18.3 Å². The molecule has 4 heteroatoms. The molecule has 0 atom stereocenters. The Hall–Kier alpha value is -1.68. The van der Waals surface area contributed by atoms with E-state index in [1.165, 1.54) is 5.56 Å². The fourth-order valence-electron chi connectivity index (χ4n) is 1.71. The molecule has 3 nitrogen and oxygen atoms in total. The Bertz CT molecular complexity index is 508. The summed E-state index contributed by atoms with van der Waals surface area (Å²) in [6, 6.07) is 8.16. The second-order valence-corrected chi connectivity index (χ2v) is 4.96. The molecule has 0 aliphatic heterocycles. The fraction of sp³-hybridized carbons (Fsp3) is 0.286. The van der Waals surface area contributed by atoms with Crippen molar-refractivity contribution < 1.29 is 4.79 Å². The van der Waals surface area contributed by atoms with E-state index in [9.17, 15) is 4.79 Å². The van der Waals surface area contributed by atoms with Gasteiger partial charge in [-0.3, -0.25) is 4.79 Å². The zero-order valence-corrected chi connectivity index (χ0v) is 11.2. The Morgan fingerprint density at radius 2 is 2.33 bits per heavy atom. The number of aromatic nitrogens is 1. The third kappa shape index (κ3) is 3.96.